The van der Waals surface area contributed by atoms with Gasteiger partial charge < -0.3 is 21.1 Å². The van der Waals surface area contributed by atoms with E-state index in [1.807, 2.05) is 6.92 Å². The van der Waals surface area contributed by atoms with Gasteiger partial charge in [0.2, 0.25) is 11.8 Å². The average Bonchev–Trinajstić information content (AvgIpc) is 2.39. The highest BCUT2D eigenvalue weighted by Crippen LogP contribution is 2.28. The van der Waals surface area contributed by atoms with E-state index in [1.54, 1.807) is 18.2 Å². The summed E-state index contributed by atoms with van der Waals surface area (Å²) in [6.07, 6.45) is 0. The first-order valence-corrected chi connectivity index (χ1v) is 6.55. The zero-order valence-corrected chi connectivity index (χ0v) is 12.1. The number of halogens is 1. The van der Waals surface area contributed by atoms with Crippen molar-refractivity contribution in [2.24, 2.45) is 5.73 Å². The highest BCUT2D eigenvalue weighted by molar-refractivity contribution is 9.10. The van der Waals surface area contributed by atoms with Gasteiger partial charge in [0.15, 0.2) is 0 Å². The molecular weight excluding hydrogens is 314 g/mol. The topological polar surface area (TPSA) is 93.5 Å². The highest BCUT2D eigenvalue weighted by atomic mass is 79.9. The Morgan fingerprint density at radius 3 is 2.74 bits per heavy atom. The van der Waals surface area contributed by atoms with Crippen LogP contribution in [0.5, 0.6) is 5.75 Å². The predicted molar refractivity (Wildman–Crippen MR) is 76.0 cm³/mol. The number of nitrogens with one attached hydrogen (secondary N) is 2. The van der Waals surface area contributed by atoms with Crippen molar-refractivity contribution in [1.82, 2.24) is 5.32 Å². The Kier molecular flexibility index (Phi) is 6.31. The van der Waals surface area contributed by atoms with Crippen LogP contribution < -0.4 is 21.1 Å². The first-order chi connectivity index (χ1) is 9.06. The summed E-state index contributed by atoms with van der Waals surface area (Å²) < 4.78 is 6.27. The Bertz CT molecular complexity index is 466. The van der Waals surface area contributed by atoms with Gasteiger partial charge in [-0.1, -0.05) is 15.9 Å². The molecule has 2 amide bonds. The van der Waals surface area contributed by atoms with E-state index in [0.29, 0.717) is 18.0 Å². The molecule has 1 rings (SSSR count). The van der Waals surface area contributed by atoms with Crippen molar-refractivity contribution >= 4 is 33.4 Å². The summed E-state index contributed by atoms with van der Waals surface area (Å²) in [4.78, 5) is 22.6. The maximum atomic E-state index is 11.6. The fourth-order valence-electron chi connectivity index (χ4n) is 1.32. The normalized spacial score (nSPS) is 9.84. The van der Waals surface area contributed by atoms with Crippen molar-refractivity contribution in [2.75, 3.05) is 25.0 Å². The van der Waals surface area contributed by atoms with Gasteiger partial charge in [0.1, 0.15) is 5.75 Å². The molecule has 0 aliphatic carbocycles. The van der Waals surface area contributed by atoms with Crippen LogP contribution in [0.15, 0.2) is 22.7 Å². The van der Waals surface area contributed by atoms with Gasteiger partial charge in [-0.05, 0) is 25.1 Å². The molecule has 0 bridgehead atoms. The second-order valence-corrected chi connectivity index (χ2v) is 4.52. The van der Waals surface area contributed by atoms with Crippen molar-refractivity contribution in [3.63, 3.8) is 0 Å². The van der Waals surface area contributed by atoms with Crippen LogP contribution in [0.25, 0.3) is 0 Å². The van der Waals surface area contributed by atoms with E-state index in [4.69, 9.17) is 10.5 Å². The van der Waals surface area contributed by atoms with E-state index < -0.39 is 0 Å². The number of ether oxygens (including phenoxy) is 1. The zero-order valence-electron chi connectivity index (χ0n) is 10.5. The van der Waals surface area contributed by atoms with Gasteiger partial charge in [-0.15, -0.1) is 0 Å². The van der Waals surface area contributed by atoms with Crippen molar-refractivity contribution < 1.29 is 14.3 Å². The van der Waals surface area contributed by atoms with Crippen LogP contribution in [0.2, 0.25) is 0 Å². The van der Waals surface area contributed by atoms with Crippen molar-refractivity contribution in [1.29, 1.82) is 0 Å². The van der Waals surface area contributed by atoms with E-state index in [0.717, 1.165) is 4.47 Å². The van der Waals surface area contributed by atoms with Gasteiger partial charge in [-0.25, -0.2) is 0 Å². The summed E-state index contributed by atoms with van der Waals surface area (Å²) in [5, 5.41) is 5.05. The quantitative estimate of drug-likeness (QED) is 0.721. The molecule has 6 nitrogen and oxygen atoms in total. The largest absolute Gasteiger partial charge is 0.492 e. The van der Waals surface area contributed by atoms with Crippen LogP contribution in [0, 0.1) is 0 Å². The smallest absolute Gasteiger partial charge is 0.243 e. The molecule has 0 unspecified atom stereocenters. The van der Waals surface area contributed by atoms with Gasteiger partial charge in [0, 0.05) is 4.47 Å². The highest BCUT2D eigenvalue weighted by Gasteiger charge is 2.09. The molecule has 0 saturated heterocycles. The maximum absolute atomic E-state index is 11.6. The van der Waals surface area contributed by atoms with E-state index in [9.17, 15) is 9.59 Å². The molecule has 0 heterocycles. The monoisotopic (exact) mass is 329 g/mol. The number of benzene rings is 1. The van der Waals surface area contributed by atoms with E-state index in [-0.39, 0.29) is 24.9 Å². The number of rotatable bonds is 6. The number of hydrogen-bond acceptors (Lipinski definition) is 4. The predicted octanol–water partition coefficient (Wildman–Crippen LogP) is 0.861. The van der Waals surface area contributed by atoms with Gasteiger partial charge >= 0.3 is 0 Å². The Balaban J connectivity index is 2.65. The Morgan fingerprint density at radius 1 is 1.37 bits per heavy atom. The Hall–Kier alpha value is -1.60. The van der Waals surface area contributed by atoms with Crippen molar-refractivity contribution in [3.8, 4) is 5.75 Å². The molecule has 7 heteroatoms. The molecule has 1 aromatic rings. The summed E-state index contributed by atoms with van der Waals surface area (Å²) in [6.45, 7) is 2.07. The molecule has 0 aromatic heterocycles. The lowest BCUT2D eigenvalue weighted by Crippen LogP contribution is -2.36. The second kappa shape index (κ2) is 7.75. The summed E-state index contributed by atoms with van der Waals surface area (Å²) in [5.74, 6) is -0.156. The van der Waals surface area contributed by atoms with Crippen molar-refractivity contribution in [2.45, 2.75) is 6.92 Å². The number of amides is 2. The Morgan fingerprint density at radius 2 is 2.11 bits per heavy atom. The van der Waals surface area contributed by atoms with Crippen molar-refractivity contribution in [3.05, 3.63) is 22.7 Å². The van der Waals surface area contributed by atoms with Crippen LogP contribution in [0.4, 0.5) is 5.69 Å². The lowest BCUT2D eigenvalue weighted by atomic mass is 10.3. The number of anilines is 1. The minimum absolute atomic E-state index is 0.127. The van der Waals surface area contributed by atoms with Gasteiger partial charge in [-0.2, -0.15) is 0 Å². The third-order valence-electron chi connectivity index (χ3n) is 2.15. The lowest BCUT2D eigenvalue weighted by Gasteiger charge is -2.12. The van der Waals surface area contributed by atoms with Crippen LogP contribution in [0.1, 0.15) is 6.92 Å². The maximum Gasteiger partial charge on any atom is 0.243 e. The first kappa shape index (κ1) is 15.5. The molecule has 0 fully saturated rings. The van der Waals surface area contributed by atoms with Gasteiger partial charge in [0.25, 0.3) is 0 Å². The molecule has 0 saturated carbocycles. The molecule has 0 aliphatic heterocycles. The van der Waals surface area contributed by atoms with E-state index in [2.05, 4.69) is 26.6 Å². The minimum atomic E-state index is -0.379. The molecule has 0 aliphatic rings. The number of carbonyl (C=O) groups excluding carboxylic acids is 2. The SMILES string of the molecule is CCOc1cc(Br)ccc1NC(=O)CNC(=O)CN. The van der Waals surface area contributed by atoms with Crippen LogP contribution in [0.3, 0.4) is 0 Å². The fraction of sp³-hybridized carbons (Fsp3) is 0.333. The first-order valence-electron chi connectivity index (χ1n) is 5.75. The number of carbonyl (C=O) groups is 2. The molecule has 0 radical (unpaired) electrons. The van der Waals surface area contributed by atoms with Gasteiger partial charge in [-0.3, -0.25) is 9.59 Å². The molecular formula is C12H16BrN3O3. The molecule has 0 atom stereocenters. The molecule has 104 valence electrons. The lowest BCUT2D eigenvalue weighted by molar-refractivity contribution is -0.123. The summed E-state index contributed by atoms with van der Waals surface area (Å²) in [6, 6.07) is 5.27. The average molecular weight is 330 g/mol. The Labute approximate surface area is 119 Å². The third kappa shape index (κ3) is 5.27. The summed E-state index contributed by atoms with van der Waals surface area (Å²) in [7, 11) is 0. The number of hydrogen-bond donors (Lipinski definition) is 3. The summed E-state index contributed by atoms with van der Waals surface area (Å²) >= 11 is 3.33. The van der Waals surface area contributed by atoms with Crippen LogP contribution >= 0.6 is 15.9 Å². The van der Waals surface area contributed by atoms with Crippen LogP contribution in [-0.4, -0.2) is 31.5 Å². The van der Waals surface area contributed by atoms with E-state index in [1.165, 1.54) is 0 Å². The number of nitrogens with two attached hydrogens (primary N) is 1. The summed E-state index contributed by atoms with van der Waals surface area (Å²) in [5.41, 5.74) is 5.68. The fourth-order valence-corrected chi connectivity index (χ4v) is 1.66. The molecule has 19 heavy (non-hydrogen) atoms. The second-order valence-electron chi connectivity index (χ2n) is 3.60. The molecule has 4 N–H and O–H groups in total. The standard InChI is InChI=1S/C12H16BrN3O3/c1-2-19-10-5-8(13)3-4-9(10)16-12(18)7-15-11(17)6-14/h3-5H,2,6-7,14H2,1H3,(H,15,17)(H,16,18). The molecule has 0 spiro atoms. The minimum Gasteiger partial charge on any atom is -0.492 e. The zero-order chi connectivity index (χ0) is 14.3. The third-order valence-corrected chi connectivity index (χ3v) is 2.64. The van der Waals surface area contributed by atoms with Gasteiger partial charge in [0.05, 0.1) is 25.4 Å². The molecule has 1 aromatic carbocycles. The van der Waals surface area contributed by atoms with E-state index >= 15 is 0 Å². The van der Waals surface area contributed by atoms with Crippen LogP contribution in [-0.2, 0) is 9.59 Å².